The predicted molar refractivity (Wildman–Crippen MR) is 361 cm³/mol. The summed E-state index contributed by atoms with van der Waals surface area (Å²) in [5.74, 6) is 3.15. The minimum atomic E-state index is -1.03. The van der Waals surface area contributed by atoms with E-state index in [0.29, 0.717) is 37.7 Å². The summed E-state index contributed by atoms with van der Waals surface area (Å²) >= 11 is 7.07. The second-order valence-corrected chi connectivity index (χ2v) is 16.2. The van der Waals surface area contributed by atoms with Crippen LogP contribution in [0.1, 0.15) is 118 Å². The van der Waals surface area contributed by atoms with E-state index in [1.54, 1.807) is 87.7 Å². The number of allylic oxidation sites excluding steroid dienone is 1. The summed E-state index contributed by atoms with van der Waals surface area (Å²) in [6.07, 6.45) is 22.2. The molecule has 0 saturated carbocycles. The Kier molecular flexibility index (Phi) is 101. The zero-order chi connectivity index (χ0) is 63.6. The largest absolute Gasteiger partial charge is 2.00 e. The van der Waals surface area contributed by atoms with Crippen LogP contribution in [-0.4, -0.2) is 202 Å². The third kappa shape index (κ3) is 58.0. The predicted octanol–water partition coefficient (Wildman–Crippen LogP) is 8.12. The summed E-state index contributed by atoms with van der Waals surface area (Å²) in [5.41, 5.74) is 7.73. The fraction of sp³-hybridized carbons (Fsp3) is 0.418. The molecule has 1 radical (unpaired) electrons. The molecule has 0 atom stereocenters. The zero-order valence-corrected chi connectivity index (χ0v) is 64.4. The minimum Gasteiger partial charge on any atom is -1.00 e. The molecule has 0 spiro atoms. The van der Waals surface area contributed by atoms with Crippen LogP contribution in [0, 0.1) is 22.3 Å². The molecule has 6 aromatic heterocycles. The van der Waals surface area contributed by atoms with E-state index in [0.717, 1.165) is 21.6 Å². The first-order valence-electron chi connectivity index (χ1n) is 24.9. The molecule has 489 valence electrons. The van der Waals surface area contributed by atoms with Crippen LogP contribution in [0.3, 0.4) is 0 Å². The first-order chi connectivity index (χ1) is 39.0. The quantitative estimate of drug-likeness (QED) is 0.0100. The van der Waals surface area contributed by atoms with Crippen LogP contribution in [0.2, 0.25) is 0 Å². The number of H-pyrrole nitrogens is 1. The van der Waals surface area contributed by atoms with Gasteiger partial charge in [-0.15, -0.1) is 0 Å². The molecule has 32 heteroatoms. The molecule has 6 aromatic rings. The van der Waals surface area contributed by atoms with Gasteiger partial charge in [0, 0.05) is 84.6 Å². The first kappa shape index (κ1) is 111. The fourth-order valence-electron chi connectivity index (χ4n) is 3.86. The van der Waals surface area contributed by atoms with Crippen LogP contribution in [-0.2, 0) is 28.2 Å². The number of nitrogens with two attached hydrogens (primary N) is 1. The van der Waals surface area contributed by atoms with Gasteiger partial charge >= 0.3 is 47.6 Å². The zero-order valence-electron chi connectivity index (χ0n) is 55.9. The number of halogens is 1. The van der Waals surface area contributed by atoms with Gasteiger partial charge in [-0.2, -0.15) is 5.10 Å². The second-order valence-electron chi connectivity index (χ2n) is 12.3. The molecule has 0 aliphatic carbocycles. The van der Waals surface area contributed by atoms with Gasteiger partial charge in [-0.3, -0.25) is 35.6 Å². The summed E-state index contributed by atoms with van der Waals surface area (Å²) in [5, 5.41) is 19.4. The number of hydrogen-bond acceptors (Lipinski definition) is 26. The Hall–Kier alpha value is -4.19. The molecule has 0 aliphatic heterocycles. The van der Waals surface area contributed by atoms with E-state index in [1.807, 2.05) is 120 Å². The monoisotopic (exact) mass is 1420 g/mol. The Bertz CT molecular complexity index is 2450. The number of aromatic carboxylic acids is 1. The molecule has 6 rings (SSSR count). The van der Waals surface area contributed by atoms with Gasteiger partial charge < -0.3 is 54.1 Å². The molecular formula is C55H98BrMgN17O7S5V. The van der Waals surface area contributed by atoms with Crippen LogP contribution >= 0.6 is 58.8 Å². The molecule has 0 aliphatic rings. The van der Waals surface area contributed by atoms with E-state index in [4.69, 9.17) is 9.94 Å². The van der Waals surface area contributed by atoms with E-state index >= 15 is 0 Å². The molecule has 6 N–H and O–H groups in total. The summed E-state index contributed by atoms with van der Waals surface area (Å²) in [6, 6.07) is 9.88. The van der Waals surface area contributed by atoms with Gasteiger partial charge in [0.25, 0.3) is 5.91 Å². The van der Waals surface area contributed by atoms with Gasteiger partial charge in [0.2, 0.25) is 5.78 Å². The van der Waals surface area contributed by atoms with Crippen LogP contribution in [0.5, 0.6) is 0 Å². The third-order valence-corrected chi connectivity index (χ3v) is 10.0. The Morgan fingerprint density at radius 3 is 1.22 bits per heavy atom. The van der Waals surface area contributed by atoms with Gasteiger partial charge in [0.1, 0.15) is 17.1 Å². The number of carbonyl (C=O) groups excluding carboxylic acids is 3. The normalized spacial score (nSPS) is 8.28. The summed E-state index contributed by atoms with van der Waals surface area (Å²) in [4.78, 5) is 95.2. The molecule has 0 fully saturated rings. The third-order valence-electron chi connectivity index (χ3n) is 7.20. The molecule has 0 unspecified atom stereocenters. The summed E-state index contributed by atoms with van der Waals surface area (Å²) in [6.45, 7) is 21.5. The summed E-state index contributed by atoms with van der Waals surface area (Å²) in [7, 11) is 11.6. The average Bonchev–Trinajstić information content (AvgIpc) is 4.18. The summed E-state index contributed by atoms with van der Waals surface area (Å²) < 4.78 is 0. The molecule has 6 heterocycles. The maximum Gasteiger partial charge on any atom is 2.00 e. The van der Waals surface area contributed by atoms with Crippen molar-refractivity contribution in [3.63, 3.8) is 0 Å². The number of hydroxylamine groups is 3. The van der Waals surface area contributed by atoms with Gasteiger partial charge in [0.05, 0.1) is 25.6 Å². The van der Waals surface area contributed by atoms with Crippen molar-refractivity contribution in [1.82, 2.24) is 80.9 Å². The molecule has 0 bridgehead atoms. The van der Waals surface area contributed by atoms with Gasteiger partial charge in [0.15, 0.2) is 37.3 Å². The number of amides is 1. The maximum atomic E-state index is 11.6. The van der Waals surface area contributed by atoms with Crippen molar-refractivity contribution in [2.45, 2.75) is 102 Å². The molecule has 24 nitrogen and oxygen atoms in total. The van der Waals surface area contributed by atoms with Crippen LogP contribution in [0.15, 0.2) is 112 Å². The number of rotatable bonds is 14. The molecule has 1 amide bonds. The standard InChI is InChI=1S/C10H13N3OS.C8H8N4S.C8H11N3O2S.C7H8N2OS.C6H6N2O2S.C2H7NO.5C2H6.CH6N2.3CH3.BrH.Mg.V/c1-13(2)7-5-9(14)8-4-6-11-10(12-8)15-3;1-13-8-9-4-2-6(11-8)7-3-5-10-12-7;1-11(13-2)7(12)6-4-5-9-8(10-6)14-3;1-5(10)6-3-4-8-7(9-6)11-2;1-11-6-7-3-2-4(8-6)5(9)10;1-3-4-2;5*1-2;1-3-2;;;;;;/h4-7H,1-3H3;2-5H,1H3,(H,10,12);4-5H,1-3H3;3-4H,1-2H3;2-3H,1H3,(H,9,10);3H,1-2H3;5*1-2H3;3H,2H2,1H3;3*1H3;1H;;/q;;;;;;;;;;;;3*-1;;2*+2/p-1/b7-5+;;;;;;;;;;;;;;;;;. The number of thioether (sulfide) groups is 5. The van der Waals surface area contributed by atoms with Gasteiger partial charge in [-0.25, -0.2) is 65.2 Å². The Morgan fingerprint density at radius 1 is 0.575 bits per heavy atom. The Labute approximate surface area is 581 Å². The van der Waals surface area contributed by atoms with E-state index in [1.165, 1.54) is 98.2 Å². The fourth-order valence-corrected chi connectivity index (χ4v) is 5.64. The van der Waals surface area contributed by atoms with Crippen LogP contribution in [0.4, 0.5) is 0 Å². The topological polar surface area (TPSA) is 321 Å². The number of carbonyl (C=O) groups is 4. The van der Waals surface area contributed by atoms with Gasteiger partial charge in [-0.05, 0) is 74.7 Å². The number of nitrogens with one attached hydrogen (secondary N) is 3. The number of carboxylic acids is 1. The van der Waals surface area contributed by atoms with E-state index in [2.05, 4.69) is 81.6 Å². The van der Waals surface area contributed by atoms with Crippen molar-refractivity contribution in [3.8, 4) is 11.4 Å². The number of nitrogens with zero attached hydrogens (tertiary/aromatic N) is 13. The first-order valence-corrected chi connectivity index (χ1v) is 31.0. The number of hydrazine groups is 1. The Balaban J connectivity index is -0.0000000748. The second kappa shape index (κ2) is 79.8. The van der Waals surface area contributed by atoms with Crippen LogP contribution in [0.25, 0.3) is 11.4 Å². The molecule has 87 heavy (non-hydrogen) atoms. The smallest absolute Gasteiger partial charge is 1.00 e. The number of ketones is 2. The minimum absolute atomic E-state index is 0. The SMILES string of the molecule is CC.CC.CC.CC.CC.CNN.CNOC.CON(C)C(=O)c1ccnc(SC)n1.CSc1nccc(-c2ccn[nH]2)n1.CSc1nccc(C(=O)/C=C/N(C)C)n1.CSc1nccc(C(=O)O)n1.CSc1nccc(C(C)=O)n1.[Br-].[CH3-].[CH3-].[CH3-].[Mg+2].[V+2]. The Morgan fingerprint density at radius 2 is 0.897 bits per heavy atom. The number of aromatic amines is 1. The van der Waals surface area contributed by atoms with Gasteiger partial charge in [-0.1, -0.05) is 128 Å². The average molecular weight is 1420 g/mol. The molecular weight excluding hydrogens is 1330 g/mol. The van der Waals surface area contributed by atoms with Crippen molar-refractivity contribution in [2.75, 3.05) is 80.7 Å². The maximum absolute atomic E-state index is 11.6. The number of Topliss-reactive ketones (excluding diaryl/α,β-unsaturated/α-hetero) is 1. The number of carboxylic acid groups (broad SMARTS) is 1. The van der Waals surface area contributed by atoms with Crippen molar-refractivity contribution >= 4 is 105 Å². The van der Waals surface area contributed by atoms with E-state index < -0.39 is 5.97 Å². The van der Waals surface area contributed by atoms with E-state index in [-0.39, 0.29) is 104 Å². The molecule has 0 saturated heterocycles. The van der Waals surface area contributed by atoms with E-state index in [9.17, 15) is 19.2 Å². The number of hydrogen-bond donors (Lipinski definition) is 5. The van der Waals surface area contributed by atoms with Crippen molar-refractivity contribution < 1.29 is 69.5 Å². The molecule has 0 aromatic carbocycles. The van der Waals surface area contributed by atoms with Crippen molar-refractivity contribution in [1.29, 1.82) is 0 Å². The van der Waals surface area contributed by atoms with Crippen molar-refractivity contribution in [3.05, 3.63) is 131 Å². The van der Waals surface area contributed by atoms with Crippen molar-refractivity contribution in [2.24, 2.45) is 5.84 Å². The number of aromatic nitrogens is 12. The van der Waals surface area contributed by atoms with Crippen LogP contribution < -0.4 is 33.7 Å².